The molecule has 1 saturated carbocycles. The van der Waals surface area contributed by atoms with E-state index in [1.54, 1.807) is 0 Å². The number of nitrogens with one attached hydrogen (secondary N) is 1. The number of benzene rings is 1. The number of hydrogen-bond acceptors (Lipinski definition) is 2. The van der Waals surface area contributed by atoms with Gasteiger partial charge in [-0.15, -0.1) is 12.4 Å². The van der Waals surface area contributed by atoms with Gasteiger partial charge in [-0.25, -0.2) is 0 Å². The maximum Gasteiger partial charge on any atom is 0.224 e. The van der Waals surface area contributed by atoms with Crippen molar-refractivity contribution in [2.75, 3.05) is 6.54 Å². The minimum absolute atomic E-state index is 0. The lowest BCUT2D eigenvalue weighted by Gasteiger charge is -2.37. The normalized spacial score (nSPS) is 25.0. The minimum Gasteiger partial charge on any atom is -0.355 e. The summed E-state index contributed by atoms with van der Waals surface area (Å²) in [5.41, 5.74) is 7.02. The predicted octanol–water partition coefficient (Wildman–Crippen LogP) is 3.33. The number of amides is 1. The largest absolute Gasteiger partial charge is 0.355 e. The zero-order valence-electron chi connectivity index (χ0n) is 12.4. The molecule has 1 aromatic carbocycles. The molecule has 0 aliphatic heterocycles. The van der Waals surface area contributed by atoms with Gasteiger partial charge in [0.25, 0.3) is 0 Å². The second-order valence-electron chi connectivity index (χ2n) is 5.98. The van der Waals surface area contributed by atoms with E-state index in [0.29, 0.717) is 6.54 Å². The Morgan fingerprint density at radius 3 is 2.90 bits per heavy atom. The second-order valence-corrected chi connectivity index (χ2v) is 6.41. The average molecular weight is 331 g/mol. The molecule has 1 fully saturated rings. The lowest BCUT2D eigenvalue weighted by atomic mass is 9.74. The van der Waals surface area contributed by atoms with Crippen molar-refractivity contribution in [3.8, 4) is 0 Å². The highest BCUT2D eigenvalue weighted by Crippen LogP contribution is 2.31. The van der Waals surface area contributed by atoms with E-state index in [4.69, 9.17) is 17.3 Å². The summed E-state index contributed by atoms with van der Waals surface area (Å²) in [6, 6.07) is 7.73. The highest BCUT2D eigenvalue weighted by atomic mass is 35.5. The second kappa shape index (κ2) is 8.02. The average Bonchev–Trinajstić information content (AvgIpc) is 2.38. The first kappa shape index (κ1) is 18.3. The van der Waals surface area contributed by atoms with E-state index in [0.717, 1.165) is 42.7 Å². The molecule has 2 atom stereocenters. The number of carbonyl (C=O) groups is 1. The van der Waals surface area contributed by atoms with Crippen LogP contribution in [-0.2, 0) is 11.2 Å². The molecule has 3 N–H and O–H groups in total. The smallest absolute Gasteiger partial charge is 0.224 e. The Hall–Kier alpha value is -0.770. The van der Waals surface area contributed by atoms with Crippen molar-refractivity contribution in [3.63, 3.8) is 0 Å². The molecule has 2 rings (SSSR count). The summed E-state index contributed by atoms with van der Waals surface area (Å²) in [5.74, 6) is 0.0346. The quantitative estimate of drug-likeness (QED) is 0.889. The molecule has 0 saturated heterocycles. The number of carbonyl (C=O) groups excluding carboxylic acids is 1. The van der Waals surface area contributed by atoms with Crippen LogP contribution in [0.15, 0.2) is 24.3 Å². The lowest BCUT2D eigenvalue weighted by Crippen LogP contribution is -2.53. The number of rotatable bonds is 4. The molecule has 5 heteroatoms. The molecule has 0 spiro atoms. The van der Waals surface area contributed by atoms with Crippen molar-refractivity contribution in [1.82, 2.24) is 5.32 Å². The first-order valence-electron chi connectivity index (χ1n) is 7.30. The molecule has 0 bridgehead atoms. The van der Waals surface area contributed by atoms with Gasteiger partial charge in [0.05, 0.1) is 5.92 Å². The first-order chi connectivity index (χ1) is 9.49. The van der Waals surface area contributed by atoms with Crippen LogP contribution in [0.2, 0.25) is 5.02 Å². The molecular weight excluding hydrogens is 307 g/mol. The lowest BCUT2D eigenvalue weighted by molar-refractivity contribution is -0.128. The van der Waals surface area contributed by atoms with Crippen LogP contribution in [0.3, 0.4) is 0 Å². The van der Waals surface area contributed by atoms with E-state index < -0.39 is 0 Å². The number of nitrogens with two attached hydrogens (primary N) is 1. The highest BCUT2D eigenvalue weighted by molar-refractivity contribution is 6.30. The van der Waals surface area contributed by atoms with Gasteiger partial charge in [-0.1, -0.05) is 36.6 Å². The molecule has 1 aliphatic rings. The maximum atomic E-state index is 12.3. The summed E-state index contributed by atoms with van der Waals surface area (Å²) in [4.78, 5) is 12.3. The van der Waals surface area contributed by atoms with Crippen LogP contribution < -0.4 is 11.1 Å². The third-order valence-corrected chi connectivity index (χ3v) is 4.41. The van der Waals surface area contributed by atoms with Crippen molar-refractivity contribution in [2.45, 2.75) is 44.6 Å². The summed E-state index contributed by atoms with van der Waals surface area (Å²) in [6.07, 6.45) is 4.84. The Bertz CT molecular complexity index is 477. The standard InChI is InChI=1S/C16H23ClN2O.ClH/c1-16(18)9-3-2-7-14(16)15(20)19-10-8-12-5-4-6-13(17)11-12;/h4-6,11,14H,2-3,7-10,18H2,1H3,(H,19,20);1H. The fourth-order valence-corrected chi connectivity index (χ4v) is 3.15. The maximum absolute atomic E-state index is 12.3. The summed E-state index contributed by atoms with van der Waals surface area (Å²) in [5, 5.41) is 3.75. The topological polar surface area (TPSA) is 55.1 Å². The summed E-state index contributed by atoms with van der Waals surface area (Å²) in [6.45, 7) is 2.62. The Kier molecular flexibility index (Phi) is 6.98. The van der Waals surface area contributed by atoms with E-state index in [1.807, 2.05) is 31.2 Å². The van der Waals surface area contributed by atoms with Crippen LogP contribution >= 0.6 is 24.0 Å². The highest BCUT2D eigenvalue weighted by Gasteiger charge is 2.37. The molecule has 1 aliphatic carbocycles. The third-order valence-electron chi connectivity index (χ3n) is 4.17. The molecule has 0 aromatic heterocycles. The van der Waals surface area contributed by atoms with Crippen LogP contribution in [0.4, 0.5) is 0 Å². The Morgan fingerprint density at radius 2 is 2.24 bits per heavy atom. The number of halogens is 2. The van der Waals surface area contributed by atoms with Gasteiger partial charge in [-0.3, -0.25) is 4.79 Å². The predicted molar refractivity (Wildman–Crippen MR) is 90.0 cm³/mol. The molecule has 0 heterocycles. The van der Waals surface area contributed by atoms with Gasteiger partial charge in [0.1, 0.15) is 0 Å². The van der Waals surface area contributed by atoms with Gasteiger partial charge in [0, 0.05) is 17.1 Å². The molecule has 1 amide bonds. The van der Waals surface area contributed by atoms with E-state index in [-0.39, 0.29) is 29.8 Å². The van der Waals surface area contributed by atoms with Crippen molar-refractivity contribution < 1.29 is 4.79 Å². The van der Waals surface area contributed by atoms with Crippen LogP contribution in [0, 0.1) is 5.92 Å². The minimum atomic E-state index is -0.363. The third kappa shape index (κ3) is 5.17. The number of hydrogen-bond donors (Lipinski definition) is 2. The summed E-state index contributed by atoms with van der Waals surface area (Å²) in [7, 11) is 0. The van der Waals surface area contributed by atoms with Crippen LogP contribution in [-0.4, -0.2) is 18.0 Å². The van der Waals surface area contributed by atoms with Crippen molar-refractivity contribution in [1.29, 1.82) is 0 Å². The zero-order chi connectivity index (χ0) is 14.6. The Balaban J connectivity index is 0.00000220. The molecule has 0 radical (unpaired) electrons. The molecular formula is C16H24Cl2N2O. The van der Waals surface area contributed by atoms with E-state index >= 15 is 0 Å². The van der Waals surface area contributed by atoms with Gasteiger partial charge in [0.15, 0.2) is 0 Å². The molecule has 118 valence electrons. The van der Waals surface area contributed by atoms with Gasteiger partial charge >= 0.3 is 0 Å². The Labute approximate surface area is 138 Å². The fourth-order valence-electron chi connectivity index (χ4n) is 2.93. The summed E-state index contributed by atoms with van der Waals surface area (Å²) < 4.78 is 0. The fraction of sp³-hybridized carbons (Fsp3) is 0.562. The SMILES string of the molecule is CC1(N)CCCCC1C(=O)NCCc1cccc(Cl)c1.Cl. The van der Waals surface area contributed by atoms with Crippen molar-refractivity contribution in [3.05, 3.63) is 34.9 Å². The monoisotopic (exact) mass is 330 g/mol. The zero-order valence-corrected chi connectivity index (χ0v) is 14.0. The molecule has 3 nitrogen and oxygen atoms in total. The van der Waals surface area contributed by atoms with Gasteiger partial charge in [0.2, 0.25) is 5.91 Å². The van der Waals surface area contributed by atoms with Crippen LogP contribution in [0.5, 0.6) is 0 Å². The van der Waals surface area contributed by atoms with Gasteiger partial charge in [-0.2, -0.15) is 0 Å². The van der Waals surface area contributed by atoms with Crippen LogP contribution in [0.1, 0.15) is 38.2 Å². The van der Waals surface area contributed by atoms with Crippen LogP contribution in [0.25, 0.3) is 0 Å². The first-order valence-corrected chi connectivity index (χ1v) is 7.68. The van der Waals surface area contributed by atoms with Crippen molar-refractivity contribution >= 4 is 29.9 Å². The van der Waals surface area contributed by atoms with E-state index in [9.17, 15) is 4.79 Å². The molecule has 1 aromatic rings. The van der Waals surface area contributed by atoms with Gasteiger partial charge < -0.3 is 11.1 Å². The molecule has 2 unspecified atom stereocenters. The molecule has 21 heavy (non-hydrogen) atoms. The van der Waals surface area contributed by atoms with E-state index in [2.05, 4.69) is 5.32 Å². The Morgan fingerprint density at radius 1 is 1.48 bits per heavy atom. The summed E-state index contributed by atoms with van der Waals surface area (Å²) >= 11 is 5.94. The van der Waals surface area contributed by atoms with E-state index in [1.165, 1.54) is 0 Å². The van der Waals surface area contributed by atoms with Crippen molar-refractivity contribution in [2.24, 2.45) is 11.7 Å². The van der Waals surface area contributed by atoms with Gasteiger partial charge in [-0.05, 0) is 43.9 Å².